The van der Waals surface area contributed by atoms with Gasteiger partial charge in [0.25, 0.3) is 0 Å². The van der Waals surface area contributed by atoms with E-state index in [0.717, 1.165) is 19.4 Å². The molecule has 6 heteroatoms. The van der Waals surface area contributed by atoms with Gasteiger partial charge in [0.1, 0.15) is 17.6 Å². The monoisotopic (exact) mass is 311 g/mol. The lowest BCUT2D eigenvalue weighted by atomic mass is 9.93. The predicted molar refractivity (Wildman–Crippen MR) is 77.6 cm³/mol. The fourth-order valence-electron chi connectivity index (χ4n) is 4.69. The first-order chi connectivity index (χ1) is 10.1. The molecule has 21 heavy (non-hydrogen) atoms. The van der Waals surface area contributed by atoms with Gasteiger partial charge >= 0.3 is 5.97 Å². The van der Waals surface area contributed by atoms with Crippen molar-refractivity contribution in [2.45, 2.75) is 55.5 Å². The van der Waals surface area contributed by atoms with Crippen LogP contribution in [0.4, 0.5) is 0 Å². The van der Waals surface area contributed by atoms with E-state index in [-0.39, 0.29) is 29.2 Å². The molecule has 0 aromatic rings. The normalized spacial score (nSPS) is 48.3. The molecule has 3 unspecified atom stereocenters. The minimum absolute atomic E-state index is 0.0181. The molecular weight excluding hydrogens is 290 g/mol. The number of carbonyl (C=O) groups is 2. The number of fused-ring (bicyclic) bond motifs is 5. The Balaban J connectivity index is 1.73. The van der Waals surface area contributed by atoms with Crippen molar-refractivity contribution >= 4 is 23.5 Å². The molecular formula is C15H21NO4S. The molecule has 0 aromatic carbocycles. The van der Waals surface area contributed by atoms with E-state index in [2.05, 4.69) is 11.8 Å². The van der Waals surface area contributed by atoms with Gasteiger partial charge in [0.05, 0.1) is 23.8 Å². The minimum atomic E-state index is -0.419. The van der Waals surface area contributed by atoms with E-state index in [4.69, 9.17) is 9.47 Å². The number of hydrogen-bond donors (Lipinski definition) is 0. The van der Waals surface area contributed by atoms with Gasteiger partial charge in [0, 0.05) is 12.3 Å². The number of Topliss-reactive ketones (excluding diaryl/α,β-unsaturated/α-hetero) is 1. The molecule has 3 aliphatic heterocycles. The molecule has 4 rings (SSSR count). The summed E-state index contributed by atoms with van der Waals surface area (Å²) in [5.74, 6) is 0.229. The van der Waals surface area contributed by atoms with Crippen LogP contribution in [0.15, 0.2) is 0 Å². The Morgan fingerprint density at radius 1 is 1.52 bits per heavy atom. The second-order valence-corrected chi connectivity index (χ2v) is 7.83. The number of ether oxygens (including phenoxy) is 2. The second kappa shape index (κ2) is 4.70. The predicted octanol–water partition coefficient (Wildman–Crippen LogP) is 1.41. The van der Waals surface area contributed by atoms with Crippen LogP contribution >= 0.6 is 11.8 Å². The molecule has 0 radical (unpaired) electrons. The zero-order valence-corrected chi connectivity index (χ0v) is 13.2. The molecule has 4 fully saturated rings. The van der Waals surface area contributed by atoms with E-state index in [1.165, 1.54) is 0 Å². The van der Waals surface area contributed by atoms with E-state index in [1.807, 2.05) is 18.7 Å². The topological polar surface area (TPSA) is 55.8 Å². The number of rotatable bonds is 2. The van der Waals surface area contributed by atoms with Crippen LogP contribution in [0.25, 0.3) is 0 Å². The summed E-state index contributed by atoms with van der Waals surface area (Å²) in [6, 6.07) is -0.313. The third kappa shape index (κ3) is 1.72. The van der Waals surface area contributed by atoms with Crippen LogP contribution < -0.4 is 0 Å². The molecule has 3 saturated heterocycles. The van der Waals surface area contributed by atoms with Crippen molar-refractivity contribution in [3.05, 3.63) is 0 Å². The quantitative estimate of drug-likeness (QED) is 0.719. The summed E-state index contributed by atoms with van der Waals surface area (Å²) in [5.41, 5.74) is -0.419. The molecule has 6 atom stereocenters. The van der Waals surface area contributed by atoms with Crippen molar-refractivity contribution in [2.24, 2.45) is 11.8 Å². The van der Waals surface area contributed by atoms with Crippen LogP contribution in [0.1, 0.15) is 33.1 Å². The van der Waals surface area contributed by atoms with Crippen LogP contribution in [0.2, 0.25) is 0 Å². The molecule has 0 aromatic heterocycles. The summed E-state index contributed by atoms with van der Waals surface area (Å²) in [7, 11) is 0. The Bertz CT molecular complexity index is 498. The summed E-state index contributed by atoms with van der Waals surface area (Å²) in [6.45, 7) is 5.02. The standard InChI is InChI=1S/C15H21NO4S/c1-3-19-14(18)12-8-4-5-9(17)11(8)13-16(12)15(2)10(21-13)6-7-20-15/h8,10-13H,3-7H2,1-2H3/t8-,10?,11-,12-,13?,15?/m0/s1. The first-order valence-corrected chi connectivity index (χ1v) is 8.79. The van der Waals surface area contributed by atoms with Crippen LogP contribution in [0, 0.1) is 11.8 Å². The molecule has 1 aliphatic carbocycles. The van der Waals surface area contributed by atoms with E-state index >= 15 is 0 Å². The van der Waals surface area contributed by atoms with Gasteiger partial charge in [0.15, 0.2) is 0 Å². The average molecular weight is 311 g/mol. The number of thioether (sulfide) groups is 1. The van der Waals surface area contributed by atoms with Gasteiger partial charge in [-0.05, 0) is 32.6 Å². The lowest BCUT2D eigenvalue weighted by Gasteiger charge is -2.37. The van der Waals surface area contributed by atoms with Gasteiger partial charge in [-0.15, -0.1) is 11.8 Å². The summed E-state index contributed by atoms with van der Waals surface area (Å²) in [6.07, 6.45) is 2.41. The van der Waals surface area contributed by atoms with Crippen LogP contribution in [0.5, 0.6) is 0 Å². The molecule has 0 bridgehead atoms. The number of nitrogens with zero attached hydrogens (tertiary/aromatic N) is 1. The molecule has 4 aliphatic rings. The fourth-order valence-corrected chi connectivity index (χ4v) is 6.69. The highest BCUT2D eigenvalue weighted by molar-refractivity contribution is 8.00. The molecule has 0 spiro atoms. The Kier molecular flexibility index (Phi) is 3.14. The second-order valence-electron chi connectivity index (χ2n) is 6.51. The number of ketones is 1. The van der Waals surface area contributed by atoms with E-state index in [0.29, 0.717) is 24.1 Å². The maximum atomic E-state index is 12.5. The molecule has 1 saturated carbocycles. The molecule has 0 N–H and O–H groups in total. The summed E-state index contributed by atoms with van der Waals surface area (Å²) >= 11 is 1.84. The van der Waals surface area contributed by atoms with Crippen LogP contribution in [0.3, 0.4) is 0 Å². The van der Waals surface area contributed by atoms with Crippen LogP contribution in [-0.4, -0.2) is 52.3 Å². The summed E-state index contributed by atoms with van der Waals surface area (Å²) in [5, 5.41) is 0.448. The molecule has 5 nitrogen and oxygen atoms in total. The Morgan fingerprint density at radius 3 is 3.10 bits per heavy atom. The van der Waals surface area contributed by atoms with Gasteiger partial charge in [0.2, 0.25) is 0 Å². The maximum Gasteiger partial charge on any atom is 0.323 e. The zero-order valence-electron chi connectivity index (χ0n) is 12.4. The zero-order chi connectivity index (χ0) is 14.8. The molecule has 3 heterocycles. The van der Waals surface area contributed by atoms with Crippen molar-refractivity contribution in [3.63, 3.8) is 0 Å². The van der Waals surface area contributed by atoms with Crippen molar-refractivity contribution < 1.29 is 19.1 Å². The fraction of sp³-hybridized carbons (Fsp3) is 0.867. The lowest BCUT2D eigenvalue weighted by Crippen LogP contribution is -2.54. The first-order valence-electron chi connectivity index (χ1n) is 7.85. The number of hydrogen-bond acceptors (Lipinski definition) is 6. The highest BCUT2D eigenvalue weighted by Gasteiger charge is 2.69. The van der Waals surface area contributed by atoms with Gasteiger partial charge in [-0.1, -0.05) is 0 Å². The first kappa shape index (κ1) is 14.0. The largest absolute Gasteiger partial charge is 0.465 e. The van der Waals surface area contributed by atoms with Crippen molar-refractivity contribution in [1.82, 2.24) is 4.90 Å². The third-order valence-electron chi connectivity index (χ3n) is 5.56. The Hall–Kier alpha value is -0.590. The van der Waals surface area contributed by atoms with Crippen LogP contribution in [-0.2, 0) is 19.1 Å². The van der Waals surface area contributed by atoms with Crippen molar-refractivity contribution in [2.75, 3.05) is 13.2 Å². The molecule has 116 valence electrons. The SMILES string of the molecule is CCOC(=O)[C@@H]1[C@H]2CCC(=O)[C@H]2C2SC3CCOC3(C)N21. The van der Waals surface area contributed by atoms with Crippen molar-refractivity contribution in [3.8, 4) is 0 Å². The van der Waals surface area contributed by atoms with Crippen molar-refractivity contribution in [1.29, 1.82) is 0 Å². The highest BCUT2D eigenvalue weighted by Crippen LogP contribution is 2.60. The molecule has 0 amide bonds. The van der Waals surface area contributed by atoms with E-state index in [1.54, 1.807) is 0 Å². The van der Waals surface area contributed by atoms with Gasteiger partial charge < -0.3 is 9.47 Å². The summed E-state index contributed by atoms with van der Waals surface area (Å²) in [4.78, 5) is 27.0. The number of esters is 1. The van der Waals surface area contributed by atoms with Gasteiger partial charge in [-0.25, -0.2) is 4.90 Å². The number of carbonyl (C=O) groups excluding carboxylic acids is 2. The summed E-state index contributed by atoms with van der Waals surface area (Å²) < 4.78 is 11.3. The Morgan fingerprint density at radius 2 is 2.33 bits per heavy atom. The highest BCUT2D eigenvalue weighted by atomic mass is 32.2. The lowest BCUT2D eigenvalue weighted by molar-refractivity contribution is -0.164. The smallest absolute Gasteiger partial charge is 0.323 e. The van der Waals surface area contributed by atoms with E-state index in [9.17, 15) is 9.59 Å². The van der Waals surface area contributed by atoms with E-state index < -0.39 is 5.72 Å². The Labute approximate surface area is 128 Å². The average Bonchev–Trinajstić information content (AvgIpc) is 3.11. The van der Waals surface area contributed by atoms with Gasteiger partial charge in [-0.2, -0.15) is 0 Å². The van der Waals surface area contributed by atoms with Gasteiger partial charge in [-0.3, -0.25) is 9.59 Å². The minimum Gasteiger partial charge on any atom is -0.465 e. The maximum absolute atomic E-state index is 12.5. The third-order valence-corrected chi connectivity index (χ3v) is 7.36.